The summed E-state index contributed by atoms with van der Waals surface area (Å²) < 4.78 is 0.895. The molecule has 1 aromatic heterocycles. The van der Waals surface area contributed by atoms with E-state index in [1.807, 2.05) is 12.3 Å². The number of amides is 1. The van der Waals surface area contributed by atoms with Crippen LogP contribution in [-0.2, 0) is 0 Å². The van der Waals surface area contributed by atoms with Gasteiger partial charge in [0.25, 0.3) is 5.91 Å². The number of carbonyl (C=O) groups excluding carboxylic acids is 1. The largest absolute Gasteiger partial charge is 0.399 e. The lowest BCUT2D eigenvalue weighted by Crippen LogP contribution is -2.23. The second kappa shape index (κ2) is 5.88. The Balaban J connectivity index is 2.31. The van der Waals surface area contributed by atoms with Gasteiger partial charge < -0.3 is 11.1 Å². The minimum absolute atomic E-state index is 0.0865. The average molecular weight is 279 g/mol. The van der Waals surface area contributed by atoms with E-state index in [1.165, 1.54) is 23.1 Å². The number of carbonyl (C=O) groups is 1. The van der Waals surface area contributed by atoms with Crippen LogP contribution >= 0.6 is 23.1 Å². The Kier molecular flexibility index (Phi) is 4.22. The fraction of sp³-hybridized carbons (Fsp3) is 0.167. The Morgan fingerprint density at radius 1 is 1.56 bits per heavy atom. The van der Waals surface area contributed by atoms with Crippen LogP contribution in [0, 0.1) is 0 Å². The summed E-state index contributed by atoms with van der Waals surface area (Å²) in [6.07, 6.45) is 1.74. The molecule has 0 spiro atoms. The van der Waals surface area contributed by atoms with E-state index < -0.39 is 0 Å². The number of thiazole rings is 1. The van der Waals surface area contributed by atoms with Crippen LogP contribution in [0.25, 0.3) is 0 Å². The fourth-order valence-corrected chi connectivity index (χ4v) is 3.18. The smallest absolute Gasteiger partial charge is 0.252 e. The van der Waals surface area contributed by atoms with Gasteiger partial charge in [0.15, 0.2) is 4.34 Å². The van der Waals surface area contributed by atoms with Crippen LogP contribution in [0.2, 0.25) is 0 Å². The molecule has 1 amide bonds. The highest BCUT2D eigenvalue weighted by molar-refractivity contribution is 8.01. The number of benzene rings is 1. The summed E-state index contributed by atoms with van der Waals surface area (Å²) in [6, 6.07) is 5.28. The molecule has 0 atom stereocenters. The Labute approximate surface area is 114 Å². The average Bonchev–Trinajstić information content (AvgIpc) is 2.82. The van der Waals surface area contributed by atoms with Gasteiger partial charge in [-0.2, -0.15) is 0 Å². The molecular weight excluding hydrogens is 266 g/mol. The maximum Gasteiger partial charge on any atom is 0.252 e. The van der Waals surface area contributed by atoms with Crippen molar-refractivity contribution in [3.63, 3.8) is 0 Å². The zero-order chi connectivity index (χ0) is 13.0. The number of aromatic nitrogens is 1. The summed E-state index contributed by atoms with van der Waals surface area (Å²) in [5, 5.41) is 4.69. The first-order valence-corrected chi connectivity index (χ1v) is 7.15. The van der Waals surface area contributed by atoms with E-state index in [-0.39, 0.29) is 5.91 Å². The normalized spacial score (nSPS) is 10.3. The van der Waals surface area contributed by atoms with Gasteiger partial charge in [0, 0.05) is 28.7 Å². The zero-order valence-corrected chi connectivity index (χ0v) is 11.5. The highest BCUT2D eigenvalue weighted by Crippen LogP contribution is 2.33. The monoisotopic (exact) mass is 279 g/mol. The lowest BCUT2D eigenvalue weighted by Gasteiger charge is -2.08. The Morgan fingerprint density at radius 2 is 2.39 bits per heavy atom. The topological polar surface area (TPSA) is 68.0 Å². The van der Waals surface area contributed by atoms with E-state index in [1.54, 1.807) is 24.4 Å². The molecule has 0 unspecified atom stereocenters. The number of anilines is 1. The number of nitrogen functional groups attached to an aromatic ring is 1. The molecule has 94 valence electrons. The molecule has 0 aliphatic rings. The van der Waals surface area contributed by atoms with Crippen molar-refractivity contribution in [1.82, 2.24) is 10.3 Å². The van der Waals surface area contributed by atoms with Crippen LogP contribution in [0.4, 0.5) is 5.69 Å². The summed E-state index contributed by atoms with van der Waals surface area (Å²) >= 11 is 2.99. The zero-order valence-electron chi connectivity index (χ0n) is 9.84. The van der Waals surface area contributed by atoms with Gasteiger partial charge in [-0.1, -0.05) is 11.8 Å². The standard InChI is InChI=1S/C12H13N3OS2/c1-2-14-11(16)9-4-3-8(13)7-10(9)18-12-15-5-6-17-12/h3-7H,2,13H2,1H3,(H,14,16). The molecule has 0 aliphatic carbocycles. The van der Waals surface area contributed by atoms with Gasteiger partial charge in [-0.15, -0.1) is 11.3 Å². The summed E-state index contributed by atoms with van der Waals surface area (Å²) in [5.74, 6) is -0.0865. The summed E-state index contributed by atoms with van der Waals surface area (Å²) in [4.78, 5) is 16.9. The minimum atomic E-state index is -0.0865. The van der Waals surface area contributed by atoms with E-state index >= 15 is 0 Å². The first-order chi connectivity index (χ1) is 8.70. The number of nitrogens with two attached hydrogens (primary N) is 1. The maximum atomic E-state index is 11.9. The second-order valence-corrected chi connectivity index (χ2v) is 5.70. The molecule has 0 aliphatic heterocycles. The Bertz CT molecular complexity index is 540. The van der Waals surface area contributed by atoms with Crippen molar-refractivity contribution < 1.29 is 4.79 Å². The summed E-state index contributed by atoms with van der Waals surface area (Å²) in [5.41, 5.74) is 7.04. The predicted molar refractivity (Wildman–Crippen MR) is 75.1 cm³/mol. The summed E-state index contributed by atoms with van der Waals surface area (Å²) in [6.45, 7) is 2.49. The lowest BCUT2D eigenvalue weighted by molar-refractivity contribution is 0.0953. The maximum absolute atomic E-state index is 11.9. The molecule has 0 saturated heterocycles. The van der Waals surface area contributed by atoms with Crippen LogP contribution in [-0.4, -0.2) is 17.4 Å². The molecule has 0 bridgehead atoms. The fourth-order valence-electron chi connectivity index (χ4n) is 1.42. The van der Waals surface area contributed by atoms with Crippen molar-refractivity contribution in [2.75, 3.05) is 12.3 Å². The van der Waals surface area contributed by atoms with Crippen molar-refractivity contribution in [3.8, 4) is 0 Å². The summed E-state index contributed by atoms with van der Waals surface area (Å²) in [7, 11) is 0. The van der Waals surface area contributed by atoms with Gasteiger partial charge in [-0.25, -0.2) is 4.98 Å². The van der Waals surface area contributed by atoms with Gasteiger partial charge in [0.1, 0.15) is 0 Å². The number of hydrogen-bond acceptors (Lipinski definition) is 5. The van der Waals surface area contributed by atoms with Crippen LogP contribution in [0.1, 0.15) is 17.3 Å². The van der Waals surface area contributed by atoms with Crippen molar-refractivity contribution in [3.05, 3.63) is 35.3 Å². The van der Waals surface area contributed by atoms with Gasteiger partial charge in [0.05, 0.1) is 5.56 Å². The SMILES string of the molecule is CCNC(=O)c1ccc(N)cc1Sc1nccs1. The van der Waals surface area contributed by atoms with Gasteiger partial charge in [0.2, 0.25) is 0 Å². The number of hydrogen-bond donors (Lipinski definition) is 2. The molecule has 3 N–H and O–H groups in total. The third-order valence-corrected chi connectivity index (χ3v) is 4.14. The van der Waals surface area contributed by atoms with E-state index in [2.05, 4.69) is 10.3 Å². The molecule has 0 radical (unpaired) electrons. The molecule has 18 heavy (non-hydrogen) atoms. The Morgan fingerprint density at radius 3 is 3.06 bits per heavy atom. The molecule has 0 saturated carbocycles. The predicted octanol–water partition coefficient (Wildman–Crippen LogP) is 2.63. The first kappa shape index (κ1) is 12.9. The van der Waals surface area contributed by atoms with Crippen LogP contribution < -0.4 is 11.1 Å². The Hall–Kier alpha value is -1.53. The number of nitrogens with one attached hydrogen (secondary N) is 1. The van der Waals surface area contributed by atoms with Crippen molar-refractivity contribution in [2.45, 2.75) is 16.2 Å². The van der Waals surface area contributed by atoms with Crippen LogP contribution in [0.3, 0.4) is 0 Å². The molecular formula is C12H13N3OS2. The molecule has 4 nitrogen and oxygen atoms in total. The van der Waals surface area contributed by atoms with E-state index in [0.717, 1.165) is 9.24 Å². The molecule has 2 aromatic rings. The molecule has 1 heterocycles. The highest BCUT2D eigenvalue weighted by atomic mass is 32.2. The van der Waals surface area contributed by atoms with Gasteiger partial charge in [-0.05, 0) is 25.1 Å². The highest BCUT2D eigenvalue weighted by Gasteiger charge is 2.13. The molecule has 1 aromatic carbocycles. The number of rotatable bonds is 4. The van der Waals surface area contributed by atoms with Crippen molar-refractivity contribution >= 4 is 34.7 Å². The molecule has 6 heteroatoms. The van der Waals surface area contributed by atoms with Crippen molar-refractivity contribution in [2.24, 2.45) is 0 Å². The van der Waals surface area contributed by atoms with E-state index in [9.17, 15) is 4.79 Å². The van der Waals surface area contributed by atoms with Gasteiger partial charge >= 0.3 is 0 Å². The first-order valence-electron chi connectivity index (χ1n) is 5.45. The second-order valence-electron chi connectivity index (χ2n) is 3.52. The molecule has 2 rings (SSSR count). The van der Waals surface area contributed by atoms with Crippen LogP contribution in [0.5, 0.6) is 0 Å². The van der Waals surface area contributed by atoms with Crippen molar-refractivity contribution in [1.29, 1.82) is 0 Å². The lowest BCUT2D eigenvalue weighted by atomic mass is 10.2. The number of nitrogens with zero attached hydrogens (tertiary/aromatic N) is 1. The van der Waals surface area contributed by atoms with E-state index in [0.29, 0.717) is 17.8 Å². The third-order valence-electron chi connectivity index (χ3n) is 2.19. The third kappa shape index (κ3) is 3.02. The van der Waals surface area contributed by atoms with Gasteiger partial charge in [-0.3, -0.25) is 4.79 Å². The van der Waals surface area contributed by atoms with Crippen LogP contribution in [0.15, 0.2) is 39.0 Å². The van der Waals surface area contributed by atoms with E-state index in [4.69, 9.17) is 5.73 Å². The quantitative estimate of drug-likeness (QED) is 0.844. The molecule has 0 fully saturated rings. The minimum Gasteiger partial charge on any atom is -0.399 e.